The number of phenolic OH excluding ortho intramolecular Hbond substituents is 1. The highest BCUT2D eigenvalue weighted by molar-refractivity contribution is 5.94. The highest BCUT2D eigenvalue weighted by atomic mass is 16.4. The third-order valence-corrected chi connectivity index (χ3v) is 6.12. The Morgan fingerprint density at radius 1 is 0.892 bits per heavy atom. The number of nitrogens with two attached hydrogens (primary N) is 2. The molecule has 4 amide bonds. The second-order valence-electron chi connectivity index (χ2n) is 9.48. The number of aliphatic carboxylic acids is 1. The van der Waals surface area contributed by atoms with Gasteiger partial charge in [0.25, 0.3) is 0 Å². The number of carbonyl (C=O) groups is 5. The highest BCUT2D eigenvalue weighted by Crippen LogP contribution is 2.13. The number of carboxylic acid groups (broad SMARTS) is 1. The van der Waals surface area contributed by atoms with Crippen LogP contribution in [0.4, 0.5) is 0 Å². The number of hydrogen-bond acceptors (Lipinski definition) is 7. The van der Waals surface area contributed by atoms with Gasteiger partial charge in [0.1, 0.15) is 23.9 Å². The van der Waals surface area contributed by atoms with Crippen molar-refractivity contribution in [3.8, 4) is 5.75 Å². The third kappa shape index (κ3) is 10.5. The molecule has 0 spiro atoms. The first-order valence-corrected chi connectivity index (χ1v) is 12.2. The predicted molar refractivity (Wildman–Crippen MR) is 136 cm³/mol. The maximum Gasteiger partial charge on any atom is 0.326 e. The van der Waals surface area contributed by atoms with Gasteiger partial charge in [0.05, 0.1) is 6.04 Å². The maximum atomic E-state index is 13.2. The summed E-state index contributed by atoms with van der Waals surface area (Å²) in [6.07, 6.45) is 0.0232. The molecule has 1 aromatic carbocycles. The van der Waals surface area contributed by atoms with Crippen LogP contribution < -0.4 is 27.4 Å². The molecule has 1 aromatic rings. The molecule has 5 unspecified atom stereocenters. The standard InChI is InChI=1S/C25H39N5O7/c1-5-14(4)21(30-23(34)20(27)13(2)3)24(35)28-17(10-11-19(26)32)22(33)29-18(25(36)37)12-15-6-8-16(31)9-7-15/h6-9,13-14,17-18,20-21,31H,5,10-12,27H2,1-4H3,(H2,26,32)(H,28,35)(H,29,33)(H,30,34)(H,36,37). The van der Waals surface area contributed by atoms with E-state index in [0.717, 1.165) is 0 Å². The van der Waals surface area contributed by atoms with E-state index in [1.165, 1.54) is 24.3 Å². The first kappa shape index (κ1) is 31.4. The van der Waals surface area contributed by atoms with Gasteiger partial charge in [-0.25, -0.2) is 4.79 Å². The van der Waals surface area contributed by atoms with Crippen LogP contribution in [0.15, 0.2) is 24.3 Å². The van der Waals surface area contributed by atoms with E-state index in [4.69, 9.17) is 11.5 Å². The van der Waals surface area contributed by atoms with Crippen molar-refractivity contribution in [1.29, 1.82) is 0 Å². The minimum atomic E-state index is -1.35. The van der Waals surface area contributed by atoms with E-state index in [2.05, 4.69) is 16.0 Å². The summed E-state index contributed by atoms with van der Waals surface area (Å²) >= 11 is 0. The summed E-state index contributed by atoms with van der Waals surface area (Å²) < 4.78 is 0. The number of carboxylic acids is 1. The summed E-state index contributed by atoms with van der Waals surface area (Å²) in [6.45, 7) is 7.12. The first-order chi connectivity index (χ1) is 17.3. The molecule has 0 radical (unpaired) electrons. The number of benzene rings is 1. The lowest BCUT2D eigenvalue weighted by Crippen LogP contribution is -2.59. The minimum absolute atomic E-state index is 0.00573. The Labute approximate surface area is 216 Å². The summed E-state index contributed by atoms with van der Waals surface area (Å²) in [5.74, 6) is -4.52. The molecule has 0 aliphatic rings. The van der Waals surface area contributed by atoms with Crippen molar-refractivity contribution in [1.82, 2.24) is 16.0 Å². The highest BCUT2D eigenvalue weighted by Gasteiger charge is 2.33. The Balaban J connectivity index is 3.08. The Morgan fingerprint density at radius 3 is 1.95 bits per heavy atom. The molecule has 12 heteroatoms. The van der Waals surface area contributed by atoms with Crippen molar-refractivity contribution in [3.05, 3.63) is 29.8 Å². The van der Waals surface area contributed by atoms with Gasteiger partial charge in [0.2, 0.25) is 23.6 Å². The van der Waals surface area contributed by atoms with Gasteiger partial charge in [-0.1, -0.05) is 46.2 Å². The SMILES string of the molecule is CCC(C)C(NC(=O)C(N)C(C)C)C(=O)NC(CCC(N)=O)C(=O)NC(Cc1ccc(O)cc1)C(=O)O. The lowest BCUT2D eigenvalue weighted by Gasteiger charge is -2.28. The number of aromatic hydroxyl groups is 1. The predicted octanol–water partition coefficient (Wildman–Crippen LogP) is -0.231. The Bertz CT molecular complexity index is 951. The summed E-state index contributed by atoms with van der Waals surface area (Å²) in [4.78, 5) is 61.9. The Hall–Kier alpha value is -3.67. The van der Waals surface area contributed by atoms with Crippen LogP contribution in [0.1, 0.15) is 52.5 Å². The van der Waals surface area contributed by atoms with E-state index in [-0.39, 0.29) is 36.8 Å². The van der Waals surface area contributed by atoms with E-state index < -0.39 is 53.8 Å². The average molecular weight is 522 g/mol. The number of primary amides is 1. The molecular formula is C25H39N5O7. The lowest BCUT2D eigenvalue weighted by atomic mass is 9.96. The van der Waals surface area contributed by atoms with Gasteiger partial charge in [-0.3, -0.25) is 19.2 Å². The number of carbonyl (C=O) groups excluding carboxylic acids is 4. The Kier molecular flexibility index (Phi) is 12.5. The molecule has 0 fully saturated rings. The van der Waals surface area contributed by atoms with Crippen molar-refractivity contribution in [2.24, 2.45) is 23.3 Å². The van der Waals surface area contributed by atoms with Gasteiger partial charge in [0, 0.05) is 12.8 Å². The number of hydrogen-bond donors (Lipinski definition) is 7. The van der Waals surface area contributed by atoms with Crippen LogP contribution in [0.5, 0.6) is 5.75 Å². The molecule has 12 nitrogen and oxygen atoms in total. The van der Waals surface area contributed by atoms with E-state index in [0.29, 0.717) is 12.0 Å². The quantitative estimate of drug-likeness (QED) is 0.163. The third-order valence-electron chi connectivity index (χ3n) is 6.12. The van der Waals surface area contributed by atoms with Gasteiger partial charge in [-0.05, 0) is 36.0 Å². The van der Waals surface area contributed by atoms with Crippen molar-refractivity contribution in [2.45, 2.75) is 77.5 Å². The molecule has 0 aromatic heterocycles. The number of nitrogens with one attached hydrogen (secondary N) is 3. The van der Waals surface area contributed by atoms with Crippen molar-refractivity contribution >= 4 is 29.6 Å². The zero-order valence-electron chi connectivity index (χ0n) is 21.7. The second kappa shape index (κ2) is 14.8. The van der Waals surface area contributed by atoms with Gasteiger partial charge in [-0.2, -0.15) is 0 Å². The molecule has 0 aliphatic heterocycles. The van der Waals surface area contributed by atoms with Crippen LogP contribution in [0.3, 0.4) is 0 Å². The topological polar surface area (TPSA) is 214 Å². The fourth-order valence-corrected chi connectivity index (χ4v) is 3.41. The zero-order chi connectivity index (χ0) is 28.3. The van der Waals surface area contributed by atoms with Crippen LogP contribution in [-0.2, 0) is 30.4 Å². The Morgan fingerprint density at radius 2 is 1.46 bits per heavy atom. The molecule has 0 saturated carbocycles. The van der Waals surface area contributed by atoms with E-state index in [9.17, 15) is 34.2 Å². The zero-order valence-corrected chi connectivity index (χ0v) is 21.7. The smallest absolute Gasteiger partial charge is 0.326 e. The fourth-order valence-electron chi connectivity index (χ4n) is 3.41. The molecule has 37 heavy (non-hydrogen) atoms. The van der Waals surface area contributed by atoms with Gasteiger partial charge in [0.15, 0.2) is 0 Å². The fraction of sp³-hybridized carbons (Fsp3) is 0.560. The van der Waals surface area contributed by atoms with E-state index in [1.807, 2.05) is 6.92 Å². The van der Waals surface area contributed by atoms with Crippen molar-refractivity contribution < 1.29 is 34.2 Å². The number of phenols is 1. The molecule has 1 rings (SSSR count). The van der Waals surface area contributed by atoms with Crippen molar-refractivity contribution in [3.63, 3.8) is 0 Å². The first-order valence-electron chi connectivity index (χ1n) is 12.2. The minimum Gasteiger partial charge on any atom is -0.508 e. The summed E-state index contributed by atoms with van der Waals surface area (Å²) in [5, 5.41) is 26.6. The number of rotatable bonds is 15. The largest absolute Gasteiger partial charge is 0.508 e. The molecule has 5 atom stereocenters. The monoisotopic (exact) mass is 521 g/mol. The van der Waals surface area contributed by atoms with Gasteiger partial charge < -0.3 is 37.6 Å². The van der Waals surface area contributed by atoms with Crippen LogP contribution in [0.25, 0.3) is 0 Å². The van der Waals surface area contributed by atoms with E-state index in [1.54, 1.807) is 20.8 Å². The van der Waals surface area contributed by atoms with E-state index >= 15 is 0 Å². The van der Waals surface area contributed by atoms with Crippen LogP contribution >= 0.6 is 0 Å². The molecule has 0 saturated heterocycles. The normalized spacial score (nSPS) is 15.1. The molecule has 206 valence electrons. The average Bonchev–Trinajstić information content (AvgIpc) is 2.84. The van der Waals surface area contributed by atoms with Crippen LogP contribution in [0.2, 0.25) is 0 Å². The van der Waals surface area contributed by atoms with Crippen LogP contribution in [0, 0.1) is 11.8 Å². The number of amides is 4. The van der Waals surface area contributed by atoms with Gasteiger partial charge in [-0.15, -0.1) is 0 Å². The van der Waals surface area contributed by atoms with Gasteiger partial charge >= 0.3 is 5.97 Å². The second-order valence-corrected chi connectivity index (χ2v) is 9.48. The summed E-state index contributed by atoms with van der Waals surface area (Å²) in [6, 6.07) is 1.32. The summed E-state index contributed by atoms with van der Waals surface area (Å²) in [5.41, 5.74) is 11.7. The molecule has 0 heterocycles. The lowest BCUT2D eigenvalue weighted by molar-refractivity contribution is -0.142. The van der Waals surface area contributed by atoms with Crippen molar-refractivity contribution in [2.75, 3.05) is 0 Å². The summed E-state index contributed by atoms with van der Waals surface area (Å²) in [7, 11) is 0. The molecular weight excluding hydrogens is 482 g/mol. The molecule has 0 aliphatic carbocycles. The molecule has 0 bridgehead atoms. The van der Waals surface area contributed by atoms with Crippen LogP contribution in [-0.4, -0.2) is 64.0 Å². The molecule has 9 N–H and O–H groups in total. The maximum absolute atomic E-state index is 13.2.